The van der Waals surface area contributed by atoms with Crippen LogP contribution in [0.1, 0.15) is 12.8 Å². The highest BCUT2D eigenvalue weighted by Crippen LogP contribution is 2.15. The summed E-state index contributed by atoms with van der Waals surface area (Å²) in [5, 5.41) is 5.00. The van der Waals surface area contributed by atoms with Crippen molar-refractivity contribution in [3.05, 3.63) is 35.9 Å². The van der Waals surface area contributed by atoms with E-state index in [-0.39, 0.29) is 12.2 Å². The molecule has 26 heavy (non-hydrogen) atoms. The molecule has 0 aliphatic carbocycles. The van der Waals surface area contributed by atoms with E-state index >= 15 is 0 Å². The zero-order valence-corrected chi connectivity index (χ0v) is 14.9. The molecular formula is C19H25N3O4. The van der Waals surface area contributed by atoms with Crippen LogP contribution in [0.2, 0.25) is 0 Å². The Labute approximate surface area is 153 Å². The molecule has 1 aromatic carbocycles. The molecule has 1 aromatic rings. The predicted molar refractivity (Wildman–Crippen MR) is 96.3 cm³/mol. The van der Waals surface area contributed by atoms with E-state index in [4.69, 9.17) is 9.57 Å². The van der Waals surface area contributed by atoms with Gasteiger partial charge in [-0.3, -0.25) is 4.90 Å². The largest absolute Gasteiger partial charge is 0.488 e. The number of benzene rings is 1. The topological polar surface area (TPSA) is 71.1 Å². The van der Waals surface area contributed by atoms with Gasteiger partial charge in [-0.15, -0.1) is 5.06 Å². The summed E-state index contributed by atoms with van der Waals surface area (Å²) in [7, 11) is 0. The first kappa shape index (κ1) is 18.6. The third-order valence-corrected chi connectivity index (χ3v) is 4.81. The molecule has 0 spiro atoms. The number of nitrogens with zero attached hydrogens (tertiary/aromatic N) is 2. The van der Waals surface area contributed by atoms with Crippen LogP contribution in [-0.4, -0.2) is 73.8 Å². The van der Waals surface area contributed by atoms with Crippen LogP contribution < -0.4 is 10.1 Å². The molecule has 2 fully saturated rings. The molecule has 1 N–H and O–H groups in total. The van der Waals surface area contributed by atoms with Crippen LogP contribution in [0.3, 0.4) is 0 Å². The minimum atomic E-state index is -0.689. The molecule has 0 radical (unpaired) electrons. The summed E-state index contributed by atoms with van der Waals surface area (Å²) in [6, 6.07) is 9.63. The number of carbonyl (C=O) groups is 1. The van der Waals surface area contributed by atoms with Crippen molar-refractivity contribution in [1.82, 2.24) is 15.3 Å². The van der Waals surface area contributed by atoms with Crippen molar-refractivity contribution in [3.8, 4) is 5.75 Å². The average Bonchev–Trinajstić information content (AvgIpc) is 2.70. The molecule has 0 amide bonds. The third-order valence-electron chi connectivity index (χ3n) is 4.81. The number of rotatable bonds is 6. The van der Waals surface area contributed by atoms with E-state index in [0.717, 1.165) is 39.0 Å². The second-order valence-corrected chi connectivity index (χ2v) is 6.51. The molecule has 0 saturated carbocycles. The van der Waals surface area contributed by atoms with E-state index in [1.54, 1.807) is 23.1 Å². The number of para-hydroxylation sites is 1. The van der Waals surface area contributed by atoms with Crippen LogP contribution in [-0.2, 0) is 14.4 Å². The van der Waals surface area contributed by atoms with Gasteiger partial charge in [0, 0.05) is 32.2 Å². The highest BCUT2D eigenvalue weighted by molar-refractivity contribution is 5.96. The van der Waals surface area contributed by atoms with E-state index < -0.39 is 5.97 Å². The number of hydroxylamine groups is 2. The van der Waals surface area contributed by atoms with Gasteiger partial charge in [0.2, 0.25) is 0 Å². The van der Waals surface area contributed by atoms with Crippen LogP contribution in [0.5, 0.6) is 5.75 Å². The Bertz CT molecular complexity index is 631. The maximum Gasteiger partial charge on any atom is 0.367 e. The maximum absolute atomic E-state index is 12.2. The molecule has 3 rings (SSSR count). The summed E-state index contributed by atoms with van der Waals surface area (Å²) in [6.45, 7) is 4.98. The Morgan fingerprint density at radius 3 is 2.46 bits per heavy atom. The van der Waals surface area contributed by atoms with Crippen LogP contribution >= 0.6 is 0 Å². The maximum atomic E-state index is 12.2. The lowest BCUT2D eigenvalue weighted by Crippen LogP contribution is -2.53. The predicted octanol–water partition coefficient (Wildman–Crippen LogP) is 0.651. The number of ether oxygens (including phenoxy) is 1. The van der Waals surface area contributed by atoms with Crippen LogP contribution in [0.4, 0.5) is 0 Å². The molecule has 0 bridgehead atoms. The van der Waals surface area contributed by atoms with E-state index in [2.05, 4.69) is 10.2 Å². The quantitative estimate of drug-likeness (QED) is 0.591. The zero-order chi connectivity index (χ0) is 18.2. The molecule has 2 heterocycles. The highest BCUT2D eigenvalue weighted by Gasteiger charge is 2.27. The Hall–Kier alpha value is -2.18. The lowest BCUT2D eigenvalue weighted by Gasteiger charge is -2.39. The standard InChI is InChI=1S/C19H25N3O4/c23-14-16(15-25-18-4-2-1-3-5-18)19(24)26-22-12-10-21(11-13-22)17-6-8-20-9-7-17/h1-5,17,20H,6-13,15H2. The number of nitrogens with one attached hydrogen (secondary N) is 1. The lowest BCUT2D eigenvalue weighted by atomic mass is 10.0. The van der Waals surface area contributed by atoms with Gasteiger partial charge in [-0.25, -0.2) is 9.59 Å². The van der Waals surface area contributed by atoms with Crippen molar-refractivity contribution in [2.75, 3.05) is 45.9 Å². The number of hydrogen-bond acceptors (Lipinski definition) is 7. The van der Waals surface area contributed by atoms with Crippen molar-refractivity contribution in [2.45, 2.75) is 18.9 Å². The number of carbonyl (C=O) groups excluding carboxylic acids is 2. The van der Waals surface area contributed by atoms with Crippen LogP contribution in [0, 0.1) is 0 Å². The fourth-order valence-electron chi connectivity index (χ4n) is 3.31. The van der Waals surface area contributed by atoms with Crippen molar-refractivity contribution < 1.29 is 19.2 Å². The van der Waals surface area contributed by atoms with Crippen LogP contribution in [0.25, 0.3) is 0 Å². The SMILES string of the molecule is O=C=C(COc1ccccc1)C(=O)ON1CCN(C2CCNCC2)CC1. The fourth-order valence-corrected chi connectivity index (χ4v) is 3.31. The summed E-state index contributed by atoms with van der Waals surface area (Å²) in [4.78, 5) is 31.1. The van der Waals surface area contributed by atoms with Crippen molar-refractivity contribution >= 4 is 11.9 Å². The minimum absolute atomic E-state index is 0.144. The van der Waals surface area contributed by atoms with Gasteiger partial charge in [0.25, 0.3) is 0 Å². The van der Waals surface area contributed by atoms with Gasteiger partial charge >= 0.3 is 5.97 Å². The van der Waals surface area contributed by atoms with Gasteiger partial charge in [-0.2, -0.15) is 0 Å². The van der Waals surface area contributed by atoms with Crippen molar-refractivity contribution in [2.24, 2.45) is 0 Å². The molecule has 2 aliphatic rings. The molecule has 7 nitrogen and oxygen atoms in total. The van der Waals surface area contributed by atoms with Crippen LogP contribution in [0.15, 0.2) is 35.9 Å². The lowest BCUT2D eigenvalue weighted by molar-refractivity contribution is -0.194. The summed E-state index contributed by atoms with van der Waals surface area (Å²) < 4.78 is 5.43. The summed E-state index contributed by atoms with van der Waals surface area (Å²) in [6.07, 6.45) is 2.32. The normalized spacial score (nSPS) is 19.5. The van der Waals surface area contributed by atoms with Gasteiger partial charge in [0.05, 0.1) is 0 Å². The first-order valence-corrected chi connectivity index (χ1v) is 9.10. The van der Waals surface area contributed by atoms with E-state index in [0.29, 0.717) is 24.9 Å². The molecule has 0 unspecified atom stereocenters. The Morgan fingerprint density at radius 1 is 1.12 bits per heavy atom. The first-order chi connectivity index (χ1) is 12.8. The number of piperidine rings is 1. The molecule has 2 aliphatic heterocycles. The first-order valence-electron chi connectivity index (χ1n) is 9.10. The summed E-state index contributed by atoms with van der Waals surface area (Å²) >= 11 is 0. The second-order valence-electron chi connectivity index (χ2n) is 6.51. The fraction of sp³-hybridized carbons (Fsp3) is 0.526. The number of hydrogen-bond donors (Lipinski definition) is 1. The van der Waals surface area contributed by atoms with Crippen molar-refractivity contribution in [1.29, 1.82) is 0 Å². The minimum Gasteiger partial charge on any atom is -0.488 e. The van der Waals surface area contributed by atoms with E-state index in [1.165, 1.54) is 0 Å². The van der Waals surface area contributed by atoms with Gasteiger partial charge in [0.1, 0.15) is 18.3 Å². The van der Waals surface area contributed by atoms with E-state index in [1.807, 2.05) is 18.2 Å². The van der Waals surface area contributed by atoms with Gasteiger partial charge < -0.3 is 14.9 Å². The molecule has 7 heteroatoms. The summed E-state index contributed by atoms with van der Waals surface area (Å²) in [5.74, 6) is 1.54. The smallest absolute Gasteiger partial charge is 0.367 e. The third kappa shape index (κ3) is 5.16. The molecule has 2 saturated heterocycles. The molecule has 140 valence electrons. The van der Waals surface area contributed by atoms with Gasteiger partial charge in [-0.1, -0.05) is 18.2 Å². The number of piperazine rings is 1. The monoisotopic (exact) mass is 359 g/mol. The molecule has 0 atom stereocenters. The van der Waals surface area contributed by atoms with E-state index in [9.17, 15) is 9.59 Å². The Kier molecular flexibility index (Phi) is 6.80. The van der Waals surface area contributed by atoms with Gasteiger partial charge in [0.15, 0.2) is 5.57 Å². The molecule has 0 aromatic heterocycles. The van der Waals surface area contributed by atoms with Crippen molar-refractivity contribution in [3.63, 3.8) is 0 Å². The second kappa shape index (κ2) is 9.50. The average molecular weight is 359 g/mol. The Morgan fingerprint density at radius 2 is 1.81 bits per heavy atom. The Balaban J connectivity index is 1.43. The molecular weight excluding hydrogens is 334 g/mol. The van der Waals surface area contributed by atoms with Gasteiger partial charge in [-0.05, 0) is 38.1 Å². The highest BCUT2D eigenvalue weighted by atomic mass is 16.7. The zero-order valence-electron chi connectivity index (χ0n) is 14.9. The summed E-state index contributed by atoms with van der Waals surface area (Å²) in [5.41, 5.74) is -0.144.